The second-order valence-corrected chi connectivity index (χ2v) is 4.18. The Kier molecular flexibility index (Phi) is 5.17. The molecule has 104 valence electrons. The van der Waals surface area contributed by atoms with Gasteiger partial charge in [0.1, 0.15) is 0 Å². The zero-order valence-corrected chi connectivity index (χ0v) is 11.1. The summed E-state index contributed by atoms with van der Waals surface area (Å²) < 4.78 is 10.3. The molecule has 1 aromatic carbocycles. The maximum atomic E-state index is 11.5. The summed E-state index contributed by atoms with van der Waals surface area (Å²) in [5.41, 5.74) is 0.0695. The Bertz CT molecular complexity index is 470. The van der Waals surface area contributed by atoms with Crippen LogP contribution in [0.4, 0.5) is 0 Å². The minimum atomic E-state index is -1.07. The van der Waals surface area contributed by atoms with E-state index in [1.165, 1.54) is 25.3 Å². The SMILES string of the molecule is COc1ccc(C(=O)O)cc1OCC(=O)NC(C)C. The number of carbonyl (C=O) groups excluding carboxylic acids is 1. The molecule has 0 atom stereocenters. The van der Waals surface area contributed by atoms with Crippen molar-refractivity contribution in [2.24, 2.45) is 0 Å². The Labute approximate surface area is 111 Å². The van der Waals surface area contributed by atoms with Crippen molar-refractivity contribution < 1.29 is 24.2 Å². The van der Waals surface area contributed by atoms with Gasteiger partial charge in [0.15, 0.2) is 18.1 Å². The van der Waals surface area contributed by atoms with Crippen LogP contribution in [0.2, 0.25) is 0 Å². The molecule has 0 aliphatic heterocycles. The van der Waals surface area contributed by atoms with E-state index in [0.29, 0.717) is 5.75 Å². The third-order valence-corrected chi connectivity index (χ3v) is 2.22. The monoisotopic (exact) mass is 267 g/mol. The van der Waals surface area contributed by atoms with E-state index in [0.717, 1.165) is 0 Å². The number of methoxy groups -OCH3 is 1. The van der Waals surface area contributed by atoms with Crippen molar-refractivity contribution in [1.29, 1.82) is 0 Å². The fraction of sp³-hybridized carbons (Fsp3) is 0.385. The molecule has 0 radical (unpaired) electrons. The van der Waals surface area contributed by atoms with Crippen molar-refractivity contribution >= 4 is 11.9 Å². The highest BCUT2D eigenvalue weighted by molar-refractivity contribution is 5.88. The lowest BCUT2D eigenvalue weighted by molar-refractivity contribution is -0.123. The minimum Gasteiger partial charge on any atom is -0.493 e. The lowest BCUT2D eigenvalue weighted by Crippen LogP contribution is -2.34. The van der Waals surface area contributed by atoms with E-state index in [1.807, 2.05) is 13.8 Å². The lowest BCUT2D eigenvalue weighted by atomic mass is 10.2. The quantitative estimate of drug-likeness (QED) is 0.811. The van der Waals surface area contributed by atoms with E-state index in [4.69, 9.17) is 14.6 Å². The fourth-order valence-electron chi connectivity index (χ4n) is 1.43. The first-order valence-corrected chi connectivity index (χ1v) is 5.77. The maximum absolute atomic E-state index is 11.5. The number of hydrogen-bond acceptors (Lipinski definition) is 4. The van der Waals surface area contributed by atoms with Crippen molar-refractivity contribution in [2.45, 2.75) is 19.9 Å². The molecule has 0 bridgehead atoms. The molecule has 0 aromatic heterocycles. The van der Waals surface area contributed by atoms with Crippen molar-refractivity contribution in [3.63, 3.8) is 0 Å². The van der Waals surface area contributed by atoms with Gasteiger partial charge in [0.25, 0.3) is 5.91 Å². The summed E-state index contributed by atoms with van der Waals surface area (Å²) in [6.07, 6.45) is 0. The Morgan fingerprint density at radius 3 is 2.53 bits per heavy atom. The van der Waals surface area contributed by atoms with E-state index in [1.54, 1.807) is 0 Å². The van der Waals surface area contributed by atoms with Gasteiger partial charge in [-0.3, -0.25) is 4.79 Å². The topological polar surface area (TPSA) is 84.9 Å². The van der Waals surface area contributed by atoms with E-state index in [2.05, 4.69) is 5.32 Å². The molecular formula is C13H17NO5. The number of benzene rings is 1. The standard InChI is InChI=1S/C13H17NO5/c1-8(2)14-12(15)7-19-11-6-9(13(16)17)4-5-10(11)18-3/h4-6,8H,7H2,1-3H3,(H,14,15)(H,16,17). The number of carboxylic acid groups (broad SMARTS) is 1. The third kappa shape index (κ3) is 4.50. The Balaban J connectivity index is 2.78. The molecule has 0 saturated carbocycles. The molecule has 1 amide bonds. The smallest absolute Gasteiger partial charge is 0.335 e. The highest BCUT2D eigenvalue weighted by atomic mass is 16.5. The van der Waals surface area contributed by atoms with Crippen molar-refractivity contribution in [1.82, 2.24) is 5.32 Å². The van der Waals surface area contributed by atoms with Crippen LogP contribution in [0.5, 0.6) is 11.5 Å². The van der Waals surface area contributed by atoms with Crippen LogP contribution >= 0.6 is 0 Å². The average Bonchev–Trinajstić information content (AvgIpc) is 2.35. The van der Waals surface area contributed by atoms with Crippen molar-refractivity contribution in [2.75, 3.05) is 13.7 Å². The number of carboxylic acids is 1. The van der Waals surface area contributed by atoms with Crippen molar-refractivity contribution in [3.8, 4) is 11.5 Å². The van der Waals surface area contributed by atoms with Crippen LogP contribution in [-0.4, -0.2) is 36.7 Å². The van der Waals surface area contributed by atoms with Crippen LogP contribution in [0.3, 0.4) is 0 Å². The molecule has 0 fully saturated rings. The summed E-state index contributed by atoms with van der Waals surface area (Å²) in [5.74, 6) is -0.749. The van der Waals surface area contributed by atoms with Gasteiger partial charge in [-0.15, -0.1) is 0 Å². The van der Waals surface area contributed by atoms with Crippen molar-refractivity contribution in [3.05, 3.63) is 23.8 Å². The number of hydrogen-bond donors (Lipinski definition) is 2. The molecule has 0 aliphatic rings. The summed E-state index contributed by atoms with van der Waals surface area (Å²) in [4.78, 5) is 22.3. The molecule has 1 aromatic rings. The number of rotatable bonds is 6. The zero-order valence-electron chi connectivity index (χ0n) is 11.1. The average molecular weight is 267 g/mol. The summed E-state index contributed by atoms with van der Waals surface area (Å²) in [6.45, 7) is 3.48. The van der Waals surface area contributed by atoms with Gasteiger partial charge < -0.3 is 19.9 Å². The molecule has 0 saturated heterocycles. The molecule has 0 aliphatic carbocycles. The minimum absolute atomic E-state index is 0.0170. The Morgan fingerprint density at radius 1 is 1.32 bits per heavy atom. The molecule has 6 nitrogen and oxygen atoms in total. The van der Waals surface area contributed by atoms with Crippen LogP contribution in [0.25, 0.3) is 0 Å². The summed E-state index contributed by atoms with van der Waals surface area (Å²) in [6, 6.07) is 4.23. The fourth-order valence-corrected chi connectivity index (χ4v) is 1.43. The van der Waals surface area contributed by atoms with E-state index in [-0.39, 0.29) is 29.9 Å². The highest BCUT2D eigenvalue weighted by Crippen LogP contribution is 2.27. The van der Waals surface area contributed by atoms with Crippen LogP contribution in [0, 0.1) is 0 Å². The molecule has 0 unspecified atom stereocenters. The summed E-state index contributed by atoms with van der Waals surface area (Å²) >= 11 is 0. The Morgan fingerprint density at radius 2 is 2.00 bits per heavy atom. The Hall–Kier alpha value is -2.24. The van der Waals surface area contributed by atoms with Crippen LogP contribution < -0.4 is 14.8 Å². The summed E-state index contributed by atoms with van der Waals surface area (Å²) in [7, 11) is 1.44. The van der Waals surface area contributed by atoms with Gasteiger partial charge >= 0.3 is 5.97 Å². The molecule has 19 heavy (non-hydrogen) atoms. The first-order valence-electron chi connectivity index (χ1n) is 5.77. The molecule has 0 spiro atoms. The molecule has 1 rings (SSSR count). The largest absolute Gasteiger partial charge is 0.493 e. The number of ether oxygens (including phenoxy) is 2. The zero-order chi connectivity index (χ0) is 14.4. The van der Waals surface area contributed by atoms with E-state index in [9.17, 15) is 9.59 Å². The van der Waals surface area contributed by atoms with Gasteiger partial charge in [-0.2, -0.15) is 0 Å². The van der Waals surface area contributed by atoms with Crippen LogP contribution in [-0.2, 0) is 4.79 Å². The number of aromatic carboxylic acids is 1. The first kappa shape index (κ1) is 14.8. The van der Waals surface area contributed by atoms with Crippen LogP contribution in [0.15, 0.2) is 18.2 Å². The van der Waals surface area contributed by atoms with Gasteiger partial charge in [0.05, 0.1) is 12.7 Å². The second-order valence-electron chi connectivity index (χ2n) is 4.18. The molecule has 6 heteroatoms. The normalized spacial score (nSPS) is 10.1. The van der Waals surface area contributed by atoms with Crippen LogP contribution in [0.1, 0.15) is 24.2 Å². The van der Waals surface area contributed by atoms with E-state index < -0.39 is 5.97 Å². The number of nitrogens with one attached hydrogen (secondary N) is 1. The van der Waals surface area contributed by atoms with Gasteiger partial charge in [-0.05, 0) is 32.0 Å². The highest BCUT2D eigenvalue weighted by Gasteiger charge is 2.12. The lowest BCUT2D eigenvalue weighted by Gasteiger charge is -2.12. The second kappa shape index (κ2) is 6.63. The first-order chi connectivity index (χ1) is 8.93. The van der Waals surface area contributed by atoms with E-state index >= 15 is 0 Å². The number of carbonyl (C=O) groups is 2. The molecule has 0 heterocycles. The van der Waals surface area contributed by atoms with Gasteiger partial charge in [-0.25, -0.2) is 4.79 Å². The third-order valence-electron chi connectivity index (χ3n) is 2.22. The summed E-state index contributed by atoms with van der Waals surface area (Å²) in [5, 5.41) is 11.6. The van der Waals surface area contributed by atoms with Gasteiger partial charge in [0.2, 0.25) is 0 Å². The predicted molar refractivity (Wildman–Crippen MR) is 68.7 cm³/mol. The van der Waals surface area contributed by atoms with Gasteiger partial charge in [-0.1, -0.05) is 0 Å². The molecular weight excluding hydrogens is 250 g/mol. The number of amides is 1. The predicted octanol–water partition coefficient (Wildman–Crippen LogP) is 1.30. The molecule has 2 N–H and O–H groups in total. The van der Waals surface area contributed by atoms with Gasteiger partial charge in [0, 0.05) is 6.04 Å². The maximum Gasteiger partial charge on any atom is 0.335 e.